The summed E-state index contributed by atoms with van der Waals surface area (Å²) in [6, 6.07) is 1.54. The van der Waals surface area contributed by atoms with Gasteiger partial charge in [-0.2, -0.15) is 4.98 Å². The average molecular weight is 638 g/mol. The normalized spacial score (nSPS) is 25.4. The summed E-state index contributed by atoms with van der Waals surface area (Å²) in [6.45, 7) is 18.7. The summed E-state index contributed by atoms with van der Waals surface area (Å²) in [5.74, 6) is -0.192. The first kappa shape index (κ1) is 32.6. The number of aromatic nitrogens is 4. The van der Waals surface area contributed by atoms with Gasteiger partial charge in [-0.05, 0) is 40.4 Å². The molecule has 2 saturated heterocycles. The van der Waals surface area contributed by atoms with Crippen LogP contribution >= 0.6 is 12.2 Å². The molecule has 0 aliphatic carbocycles. The zero-order valence-corrected chi connectivity index (χ0v) is 28.6. The van der Waals surface area contributed by atoms with Crippen molar-refractivity contribution >= 4 is 46.2 Å². The molecule has 0 radical (unpaired) electrons. The Morgan fingerprint density at radius 1 is 1.07 bits per heavy atom. The van der Waals surface area contributed by atoms with E-state index in [9.17, 15) is 9.59 Å². The number of nitrogens with zero attached hydrogens (tertiary/aromatic N) is 4. The van der Waals surface area contributed by atoms with Gasteiger partial charge in [-0.3, -0.25) is 13.9 Å². The van der Waals surface area contributed by atoms with E-state index in [1.54, 1.807) is 17.0 Å². The first-order valence-electron chi connectivity index (χ1n) is 14.4. The van der Waals surface area contributed by atoms with E-state index in [-0.39, 0.29) is 45.7 Å². The Morgan fingerprint density at radius 2 is 1.71 bits per heavy atom. The molecule has 232 valence electrons. The molecule has 4 heterocycles. The molecule has 15 heteroatoms. The van der Waals surface area contributed by atoms with Crippen LogP contribution in [0.15, 0.2) is 35.8 Å². The maximum absolute atomic E-state index is 13.3. The number of carbonyl (C=O) groups excluding carboxylic acids is 1. The fourth-order valence-corrected chi connectivity index (χ4v) is 17.3. The molecule has 12 nitrogen and oxygen atoms in total. The maximum Gasteiger partial charge on any atom is 0.351 e. The van der Waals surface area contributed by atoms with Gasteiger partial charge in [0.15, 0.2) is 12.3 Å². The third-order valence-electron chi connectivity index (χ3n) is 7.98. The Morgan fingerprint density at radius 3 is 2.24 bits per heavy atom. The van der Waals surface area contributed by atoms with Crippen LogP contribution in [0, 0.1) is 0 Å². The van der Waals surface area contributed by atoms with Crippen LogP contribution in [0.1, 0.15) is 68.5 Å². The van der Waals surface area contributed by atoms with Crippen molar-refractivity contribution in [2.75, 3.05) is 11.9 Å². The molecular formula is C27H43N5O7SSi2. The van der Waals surface area contributed by atoms with Gasteiger partial charge in [0.2, 0.25) is 5.91 Å². The first-order valence-corrected chi connectivity index (χ1v) is 18.8. The zero-order valence-electron chi connectivity index (χ0n) is 25.8. The Balaban J connectivity index is 1.83. The predicted molar refractivity (Wildman–Crippen MR) is 166 cm³/mol. The lowest BCUT2D eigenvalue weighted by Gasteiger charge is -2.51. The maximum atomic E-state index is 13.3. The average Bonchev–Trinajstić information content (AvgIpc) is 3.52. The fraction of sp³-hybridized carbons (Fsp3) is 0.667. The molecular weight excluding hydrogens is 595 g/mol. The van der Waals surface area contributed by atoms with Crippen LogP contribution < -0.4 is 11.0 Å². The van der Waals surface area contributed by atoms with Gasteiger partial charge in [0.1, 0.15) is 24.4 Å². The predicted octanol–water partition coefficient (Wildman–Crippen LogP) is 4.47. The molecule has 1 amide bonds. The third kappa shape index (κ3) is 6.18. The molecule has 2 aliphatic heterocycles. The summed E-state index contributed by atoms with van der Waals surface area (Å²) in [4.78, 5) is 32.9. The highest BCUT2D eigenvalue weighted by Gasteiger charge is 2.62. The number of rotatable bonds is 7. The van der Waals surface area contributed by atoms with Crippen LogP contribution in [-0.4, -0.2) is 72.2 Å². The topological polar surface area (TPSA) is 128 Å². The van der Waals surface area contributed by atoms with Gasteiger partial charge >= 0.3 is 22.8 Å². The minimum absolute atomic E-state index is 0.0749. The molecule has 1 N–H and O–H groups in total. The van der Waals surface area contributed by atoms with Crippen molar-refractivity contribution in [1.29, 1.82) is 0 Å². The Kier molecular flexibility index (Phi) is 9.91. The molecule has 2 aromatic rings. The number of fused-ring (bicyclic) bond motifs is 1. The molecule has 4 atom stereocenters. The smallest absolute Gasteiger partial charge is 0.351 e. The number of amides is 1. The highest BCUT2D eigenvalue weighted by atomic mass is 32.1. The molecule has 2 aromatic heterocycles. The second kappa shape index (κ2) is 12.8. The van der Waals surface area contributed by atoms with Crippen LogP contribution in [-0.2, 0) is 27.2 Å². The van der Waals surface area contributed by atoms with E-state index in [4.69, 9.17) is 34.7 Å². The van der Waals surface area contributed by atoms with Gasteiger partial charge < -0.3 is 27.8 Å². The number of hydrogen-bond acceptors (Lipinski definition) is 10. The van der Waals surface area contributed by atoms with Gasteiger partial charge in [0.05, 0.1) is 6.61 Å². The second-order valence-electron chi connectivity index (χ2n) is 12.1. The molecule has 0 aromatic carbocycles. The Labute approximate surface area is 254 Å². The second-order valence-corrected chi connectivity index (χ2v) is 21.3. The zero-order chi connectivity index (χ0) is 31.0. The number of thiocarbonyl (C=S) groups is 1. The number of imidazole rings is 1. The minimum atomic E-state index is -3.03. The van der Waals surface area contributed by atoms with E-state index in [0.717, 1.165) is 0 Å². The molecule has 2 fully saturated rings. The summed E-state index contributed by atoms with van der Waals surface area (Å²) in [5.41, 5.74) is -0.151. The Bertz CT molecular complexity index is 1300. The van der Waals surface area contributed by atoms with Crippen LogP contribution in [0.4, 0.5) is 5.82 Å². The van der Waals surface area contributed by atoms with Gasteiger partial charge in [-0.1, -0.05) is 55.4 Å². The van der Waals surface area contributed by atoms with Crippen molar-refractivity contribution in [1.82, 2.24) is 19.1 Å². The number of anilines is 1. The lowest BCUT2D eigenvalue weighted by molar-refractivity contribution is -0.114. The van der Waals surface area contributed by atoms with Crippen LogP contribution in [0.2, 0.25) is 22.2 Å². The van der Waals surface area contributed by atoms with Crippen molar-refractivity contribution in [3.63, 3.8) is 0 Å². The van der Waals surface area contributed by atoms with E-state index in [0.29, 0.717) is 0 Å². The number of hydrogen-bond donors (Lipinski definition) is 1. The van der Waals surface area contributed by atoms with E-state index in [1.165, 1.54) is 30.1 Å². The first-order chi connectivity index (χ1) is 19.7. The van der Waals surface area contributed by atoms with E-state index in [1.807, 2.05) is 0 Å². The SMILES string of the molecule is CC(=O)Nc1ccn([C@@H]2O[C@@H]3CO[Si](C(C)C)(C(C)C)O[Si](C(C)C)(C(C)C)OC3[C@@H]2OC(=S)n2ccnc2)c(=O)n1. The lowest BCUT2D eigenvalue weighted by Crippen LogP contribution is -2.66. The van der Waals surface area contributed by atoms with E-state index >= 15 is 0 Å². The Hall–Kier alpha value is -2.28. The third-order valence-corrected chi connectivity index (χ3v) is 18.5. The minimum Gasteiger partial charge on any atom is -0.459 e. The van der Waals surface area contributed by atoms with E-state index in [2.05, 4.69) is 70.7 Å². The largest absolute Gasteiger partial charge is 0.459 e. The van der Waals surface area contributed by atoms with Crippen molar-refractivity contribution in [3.05, 3.63) is 41.5 Å². The highest BCUT2D eigenvalue weighted by Crippen LogP contribution is 2.48. The standard InChI is InChI=1S/C27H43N5O7SSi2/c1-16(2)41(17(3)4)35-14-21-23(38-42(39-41,18(5)6)19(7)8)24(37-27(40)31-13-11-28-15-31)25(36-21)32-12-10-22(29-20(9)33)30-26(32)34/h10-13,15-19,21,23-25H,14H2,1-9H3,(H,29,30,33,34)/t21-,23?,24+,25-/m1/s1. The molecule has 4 rings (SSSR count). The summed E-state index contributed by atoms with van der Waals surface area (Å²) >= 11 is 5.63. The van der Waals surface area contributed by atoms with Crippen molar-refractivity contribution in [3.8, 4) is 0 Å². The summed E-state index contributed by atoms with van der Waals surface area (Å²) in [7, 11) is -5.85. The summed E-state index contributed by atoms with van der Waals surface area (Å²) in [5, 5.41) is 2.67. The van der Waals surface area contributed by atoms with Gasteiger partial charge in [-0.25, -0.2) is 9.78 Å². The molecule has 1 unspecified atom stereocenters. The van der Waals surface area contributed by atoms with Crippen molar-refractivity contribution in [2.24, 2.45) is 0 Å². The molecule has 2 aliphatic rings. The van der Waals surface area contributed by atoms with Crippen LogP contribution in [0.25, 0.3) is 0 Å². The number of nitrogens with one attached hydrogen (secondary N) is 1. The quantitative estimate of drug-likeness (QED) is 0.343. The van der Waals surface area contributed by atoms with Gasteiger partial charge in [0.25, 0.3) is 5.17 Å². The van der Waals surface area contributed by atoms with Crippen molar-refractivity contribution < 1.29 is 27.2 Å². The monoisotopic (exact) mass is 637 g/mol. The lowest BCUT2D eigenvalue weighted by atomic mass is 10.1. The molecule has 42 heavy (non-hydrogen) atoms. The van der Waals surface area contributed by atoms with Gasteiger partial charge in [-0.15, -0.1) is 0 Å². The van der Waals surface area contributed by atoms with Crippen LogP contribution in [0.3, 0.4) is 0 Å². The fourth-order valence-electron chi connectivity index (χ4n) is 5.87. The summed E-state index contributed by atoms with van der Waals surface area (Å²) in [6.07, 6.45) is 3.30. The number of ether oxygens (including phenoxy) is 2. The van der Waals surface area contributed by atoms with Crippen LogP contribution in [0.5, 0.6) is 0 Å². The van der Waals surface area contributed by atoms with Gasteiger partial charge in [0, 0.05) is 25.5 Å². The van der Waals surface area contributed by atoms with Crippen molar-refractivity contribution in [2.45, 2.75) is 109 Å². The number of carbonyl (C=O) groups is 1. The molecule has 0 bridgehead atoms. The molecule has 0 saturated carbocycles. The van der Waals surface area contributed by atoms with E-state index < -0.39 is 47.4 Å². The molecule has 0 spiro atoms. The summed E-state index contributed by atoms with van der Waals surface area (Å²) < 4.78 is 37.3. The highest BCUT2D eigenvalue weighted by molar-refractivity contribution is 7.80.